The average Bonchev–Trinajstić information content (AvgIpc) is 2.63. The molecule has 0 aliphatic heterocycles. The van der Waals surface area contributed by atoms with Gasteiger partial charge in [0, 0.05) is 24.0 Å². The van der Waals surface area contributed by atoms with Crippen LogP contribution in [0.1, 0.15) is 10.4 Å². The molecule has 0 atom stereocenters. The molecule has 3 rings (SSSR count). The predicted molar refractivity (Wildman–Crippen MR) is 89.6 cm³/mol. The molecule has 1 N–H and O–H groups in total. The number of rotatable bonds is 5. The van der Waals surface area contributed by atoms with Gasteiger partial charge in [0.1, 0.15) is 11.6 Å². The van der Waals surface area contributed by atoms with E-state index in [1.165, 1.54) is 30.5 Å². The number of anilines is 1. The number of nitro groups is 1. The molecule has 0 saturated heterocycles. The third kappa shape index (κ3) is 3.94. The van der Waals surface area contributed by atoms with Crippen molar-refractivity contribution in [2.45, 2.75) is 0 Å². The van der Waals surface area contributed by atoms with Crippen LogP contribution in [0.2, 0.25) is 0 Å². The Hall–Kier alpha value is -3.81. The molecule has 2 heterocycles. The monoisotopic (exact) mass is 336 g/mol. The molecule has 124 valence electrons. The minimum Gasteiger partial charge on any atom is -0.434 e. The van der Waals surface area contributed by atoms with Gasteiger partial charge in [-0.25, -0.2) is 9.97 Å². The standard InChI is InChI=1S/C17H12N4O4/c22-16(20-15-5-1-2-10-18-15)12-6-8-13(9-7-12)25-17-14(21(23)24)4-3-11-19-17/h1-11H,(H,18,20,22). The van der Waals surface area contributed by atoms with Gasteiger partial charge in [0.05, 0.1) is 4.92 Å². The van der Waals surface area contributed by atoms with Crippen molar-refractivity contribution in [2.24, 2.45) is 0 Å². The highest BCUT2D eigenvalue weighted by Gasteiger charge is 2.16. The van der Waals surface area contributed by atoms with Crippen LogP contribution in [0.15, 0.2) is 67.0 Å². The Morgan fingerprint density at radius 2 is 1.76 bits per heavy atom. The first-order valence-electron chi connectivity index (χ1n) is 7.23. The predicted octanol–water partition coefficient (Wildman–Crippen LogP) is 3.43. The molecule has 0 spiro atoms. The fourth-order valence-electron chi connectivity index (χ4n) is 2.01. The lowest BCUT2D eigenvalue weighted by atomic mass is 10.2. The van der Waals surface area contributed by atoms with Gasteiger partial charge < -0.3 is 10.1 Å². The van der Waals surface area contributed by atoms with Crippen molar-refractivity contribution in [3.8, 4) is 11.6 Å². The van der Waals surface area contributed by atoms with Crippen LogP contribution >= 0.6 is 0 Å². The second kappa shape index (κ2) is 7.18. The van der Waals surface area contributed by atoms with E-state index in [2.05, 4.69) is 15.3 Å². The van der Waals surface area contributed by atoms with E-state index in [0.29, 0.717) is 17.1 Å². The first kappa shape index (κ1) is 16.1. The van der Waals surface area contributed by atoms with Crippen LogP contribution in [0, 0.1) is 10.1 Å². The zero-order valence-electron chi connectivity index (χ0n) is 12.8. The summed E-state index contributed by atoms with van der Waals surface area (Å²) in [6, 6.07) is 14.1. The number of hydrogen-bond donors (Lipinski definition) is 1. The molecule has 0 aliphatic carbocycles. The van der Waals surface area contributed by atoms with E-state index < -0.39 is 4.92 Å². The van der Waals surface area contributed by atoms with E-state index in [4.69, 9.17) is 4.74 Å². The highest BCUT2D eigenvalue weighted by molar-refractivity contribution is 6.03. The molecule has 0 unspecified atom stereocenters. The molecule has 1 amide bonds. The molecule has 0 radical (unpaired) electrons. The average molecular weight is 336 g/mol. The summed E-state index contributed by atoms with van der Waals surface area (Å²) in [6.45, 7) is 0. The zero-order chi connectivity index (χ0) is 17.6. The lowest BCUT2D eigenvalue weighted by Gasteiger charge is -2.07. The van der Waals surface area contributed by atoms with Crippen molar-refractivity contribution in [1.29, 1.82) is 0 Å². The van der Waals surface area contributed by atoms with Gasteiger partial charge in [-0.3, -0.25) is 14.9 Å². The maximum absolute atomic E-state index is 12.1. The summed E-state index contributed by atoms with van der Waals surface area (Å²) in [4.78, 5) is 30.4. The molecule has 0 bridgehead atoms. The van der Waals surface area contributed by atoms with Gasteiger partial charge in [-0.05, 0) is 42.5 Å². The molecule has 3 aromatic rings. The van der Waals surface area contributed by atoms with Crippen LogP contribution in [0.3, 0.4) is 0 Å². The van der Waals surface area contributed by atoms with Gasteiger partial charge in [0.25, 0.3) is 11.8 Å². The Bertz CT molecular complexity index is 898. The van der Waals surface area contributed by atoms with Crippen molar-refractivity contribution in [2.75, 3.05) is 5.32 Å². The SMILES string of the molecule is O=C(Nc1ccccn1)c1ccc(Oc2ncccc2[N+](=O)[O-])cc1. The molecule has 0 fully saturated rings. The van der Waals surface area contributed by atoms with Crippen LogP contribution in [0.5, 0.6) is 11.6 Å². The van der Waals surface area contributed by atoms with Crippen molar-refractivity contribution in [3.05, 3.63) is 82.7 Å². The van der Waals surface area contributed by atoms with E-state index in [1.807, 2.05) is 0 Å². The van der Waals surface area contributed by atoms with E-state index in [9.17, 15) is 14.9 Å². The first-order valence-corrected chi connectivity index (χ1v) is 7.23. The molecule has 0 aliphatic rings. The van der Waals surface area contributed by atoms with Crippen LogP contribution in [0.4, 0.5) is 11.5 Å². The van der Waals surface area contributed by atoms with E-state index >= 15 is 0 Å². The van der Waals surface area contributed by atoms with Gasteiger partial charge in [-0.1, -0.05) is 6.07 Å². The largest absolute Gasteiger partial charge is 0.434 e. The highest BCUT2D eigenvalue weighted by atomic mass is 16.6. The summed E-state index contributed by atoms with van der Waals surface area (Å²) < 4.78 is 5.43. The van der Waals surface area contributed by atoms with E-state index in [-0.39, 0.29) is 17.5 Å². The molecule has 1 aromatic carbocycles. The van der Waals surface area contributed by atoms with Crippen molar-refractivity contribution in [1.82, 2.24) is 9.97 Å². The third-order valence-electron chi connectivity index (χ3n) is 3.19. The Morgan fingerprint density at radius 1 is 1.00 bits per heavy atom. The quantitative estimate of drug-likeness (QED) is 0.565. The Balaban J connectivity index is 1.72. The number of pyridine rings is 2. The highest BCUT2D eigenvalue weighted by Crippen LogP contribution is 2.28. The summed E-state index contributed by atoms with van der Waals surface area (Å²) in [7, 11) is 0. The van der Waals surface area contributed by atoms with Crippen LogP contribution < -0.4 is 10.1 Å². The van der Waals surface area contributed by atoms with Crippen LogP contribution in [-0.4, -0.2) is 20.8 Å². The number of nitrogens with one attached hydrogen (secondary N) is 1. The Morgan fingerprint density at radius 3 is 2.44 bits per heavy atom. The normalized spacial score (nSPS) is 10.1. The molecular formula is C17H12N4O4. The number of nitrogens with zero attached hydrogens (tertiary/aromatic N) is 3. The maximum Gasteiger partial charge on any atom is 0.331 e. The number of carbonyl (C=O) groups excluding carboxylic acids is 1. The fraction of sp³-hybridized carbons (Fsp3) is 0. The van der Waals surface area contributed by atoms with Crippen molar-refractivity contribution < 1.29 is 14.5 Å². The van der Waals surface area contributed by atoms with Gasteiger partial charge in [-0.15, -0.1) is 0 Å². The van der Waals surface area contributed by atoms with Crippen molar-refractivity contribution >= 4 is 17.4 Å². The zero-order valence-corrected chi connectivity index (χ0v) is 12.8. The second-order valence-corrected chi connectivity index (χ2v) is 4.88. The molecule has 0 saturated carbocycles. The molecular weight excluding hydrogens is 324 g/mol. The lowest BCUT2D eigenvalue weighted by molar-refractivity contribution is -0.386. The summed E-state index contributed by atoms with van der Waals surface area (Å²) >= 11 is 0. The molecule has 2 aromatic heterocycles. The van der Waals surface area contributed by atoms with Crippen molar-refractivity contribution in [3.63, 3.8) is 0 Å². The Kier molecular flexibility index (Phi) is 4.61. The van der Waals surface area contributed by atoms with Crippen LogP contribution in [-0.2, 0) is 0 Å². The molecule has 8 nitrogen and oxygen atoms in total. The van der Waals surface area contributed by atoms with Gasteiger partial charge >= 0.3 is 5.69 Å². The minimum atomic E-state index is -0.572. The molecule has 25 heavy (non-hydrogen) atoms. The van der Waals surface area contributed by atoms with Gasteiger partial charge in [0.2, 0.25) is 0 Å². The fourth-order valence-corrected chi connectivity index (χ4v) is 2.01. The summed E-state index contributed by atoms with van der Waals surface area (Å²) in [5.74, 6) is 0.334. The smallest absolute Gasteiger partial charge is 0.331 e. The minimum absolute atomic E-state index is 0.113. The van der Waals surface area contributed by atoms with Crippen LogP contribution in [0.25, 0.3) is 0 Å². The number of hydrogen-bond acceptors (Lipinski definition) is 6. The van der Waals surface area contributed by atoms with E-state index in [0.717, 1.165) is 0 Å². The van der Waals surface area contributed by atoms with Gasteiger partial charge in [0.15, 0.2) is 0 Å². The lowest BCUT2D eigenvalue weighted by Crippen LogP contribution is -2.12. The number of benzene rings is 1. The van der Waals surface area contributed by atoms with Gasteiger partial charge in [-0.2, -0.15) is 0 Å². The second-order valence-electron chi connectivity index (χ2n) is 4.88. The first-order chi connectivity index (χ1) is 12.1. The number of amides is 1. The number of carbonyl (C=O) groups is 1. The topological polar surface area (TPSA) is 107 Å². The number of ether oxygens (including phenoxy) is 1. The third-order valence-corrected chi connectivity index (χ3v) is 3.19. The summed E-state index contributed by atoms with van der Waals surface area (Å²) in [6.07, 6.45) is 2.98. The maximum atomic E-state index is 12.1. The summed E-state index contributed by atoms with van der Waals surface area (Å²) in [5.41, 5.74) is 0.160. The number of aromatic nitrogens is 2. The Labute approximate surface area is 142 Å². The summed E-state index contributed by atoms with van der Waals surface area (Å²) in [5, 5.41) is 13.6. The van der Waals surface area contributed by atoms with E-state index in [1.54, 1.807) is 36.5 Å². The molecule has 8 heteroatoms.